The van der Waals surface area contributed by atoms with Gasteiger partial charge in [0.25, 0.3) is 0 Å². The second kappa shape index (κ2) is 11.4. The molecule has 2 aromatic carbocycles. The second-order valence-corrected chi connectivity index (χ2v) is 9.61. The molecule has 0 saturated heterocycles. The fourth-order valence-electron chi connectivity index (χ4n) is 3.25. The van der Waals surface area contributed by atoms with Gasteiger partial charge in [0.15, 0.2) is 0 Å². The van der Waals surface area contributed by atoms with E-state index in [0.29, 0.717) is 12.3 Å². The summed E-state index contributed by atoms with van der Waals surface area (Å²) < 4.78 is 14.2. The Kier molecular flexibility index (Phi) is 8.81. The third-order valence-electron chi connectivity index (χ3n) is 5.26. The lowest BCUT2D eigenvalue weighted by atomic mass is 9.78. The number of imidazole rings is 1. The van der Waals surface area contributed by atoms with Crippen LogP contribution in [0, 0.1) is 3.57 Å². The maximum atomic E-state index is 10.1. The van der Waals surface area contributed by atoms with Crippen molar-refractivity contribution in [3.05, 3.63) is 75.9 Å². The van der Waals surface area contributed by atoms with Crippen molar-refractivity contribution >= 4 is 34.2 Å². The molecule has 6 nitrogen and oxygen atoms in total. The van der Waals surface area contributed by atoms with E-state index in [1.54, 1.807) is 12.5 Å². The Bertz CT molecular complexity index is 980. The molecular weight excluding hydrogens is 539 g/mol. The molecule has 0 unspecified atom stereocenters. The van der Waals surface area contributed by atoms with Crippen LogP contribution in [0.5, 0.6) is 11.5 Å². The number of alkyl halides is 1. The lowest BCUT2D eigenvalue weighted by molar-refractivity contribution is 0.0924. The first-order valence-corrected chi connectivity index (χ1v) is 11.9. The van der Waals surface area contributed by atoms with E-state index >= 15 is 0 Å². The van der Waals surface area contributed by atoms with Crippen molar-refractivity contribution < 1.29 is 19.7 Å². The maximum absolute atomic E-state index is 10.1. The monoisotopic (exact) mass is 566 g/mol. The van der Waals surface area contributed by atoms with Gasteiger partial charge in [-0.2, -0.15) is 0 Å². The summed E-state index contributed by atoms with van der Waals surface area (Å²) in [4.78, 5) is 3.97. The van der Waals surface area contributed by atoms with Crippen LogP contribution in [-0.2, 0) is 12.0 Å². The molecule has 2 N–H and O–H groups in total. The largest absolute Gasteiger partial charge is 0.491 e. The number of halogens is 2. The molecule has 0 amide bonds. The normalized spacial score (nSPS) is 13.6. The minimum atomic E-state index is -0.684. The van der Waals surface area contributed by atoms with Gasteiger partial charge < -0.3 is 24.3 Å². The lowest BCUT2D eigenvalue weighted by Gasteiger charge is -2.27. The van der Waals surface area contributed by atoms with E-state index in [1.165, 1.54) is 0 Å². The van der Waals surface area contributed by atoms with Crippen molar-refractivity contribution in [2.75, 3.05) is 19.1 Å². The van der Waals surface area contributed by atoms with Crippen LogP contribution in [0.25, 0.3) is 0 Å². The van der Waals surface area contributed by atoms with Gasteiger partial charge in [-0.25, -0.2) is 4.98 Å². The van der Waals surface area contributed by atoms with Gasteiger partial charge in [0, 0.05) is 17.8 Å². The van der Waals surface area contributed by atoms with Crippen molar-refractivity contribution in [3.63, 3.8) is 0 Å². The number of nitrogens with zero attached hydrogens (tertiary/aromatic N) is 2. The predicted molar refractivity (Wildman–Crippen MR) is 134 cm³/mol. The summed E-state index contributed by atoms with van der Waals surface area (Å²) in [6.45, 7) is 5.15. The Hall–Kier alpha value is -1.81. The Labute approximate surface area is 207 Å². The van der Waals surface area contributed by atoms with Crippen LogP contribution in [0.15, 0.2) is 61.2 Å². The molecule has 0 spiro atoms. The Morgan fingerprint density at radius 3 is 2.34 bits per heavy atom. The standard InChI is InChI=1S/C24H28ClIN2O4/c1-24(2,18-5-8-23(22(26)11-18)32-14-19(29)12-25)17-3-6-21(7-4-17)31-15-20(30)13-28-10-9-27-16-28/h3-11,16,19-20,29-30H,12-15H2,1-2H3/t19-,20+/m0/s1/i26-4. The van der Waals surface area contributed by atoms with Crippen molar-refractivity contribution in [2.24, 2.45) is 0 Å². The Morgan fingerprint density at radius 2 is 1.72 bits per heavy atom. The zero-order valence-corrected chi connectivity index (χ0v) is 21.0. The quantitative estimate of drug-likeness (QED) is 0.268. The van der Waals surface area contributed by atoms with Crippen LogP contribution >= 0.6 is 34.2 Å². The highest BCUT2D eigenvalue weighted by molar-refractivity contribution is 14.1. The SMILES string of the molecule is CC(C)(c1ccc(OC[C@H](O)Cn2ccnc2)cc1)c1ccc(OC[C@@H](O)CCl)c([123I])c1. The van der Waals surface area contributed by atoms with Gasteiger partial charge >= 0.3 is 0 Å². The van der Waals surface area contributed by atoms with E-state index in [2.05, 4.69) is 47.5 Å². The summed E-state index contributed by atoms with van der Waals surface area (Å²) in [6.07, 6.45) is 3.86. The van der Waals surface area contributed by atoms with Gasteiger partial charge in [0.2, 0.25) is 0 Å². The van der Waals surface area contributed by atoms with E-state index < -0.39 is 12.2 Å². The van der Waals surface area contributed by atoms with Gasteiger partial charge in [-0.15, -0.1) is 11.6 Å². The van der Waals surface area contributed by atoms with E-state index in [9.17, 15) is 10.2 Å². The number of hydrogen-bond donors (Lipinski definition) is 2. The first-order valence-electron chi connectivity index (χ1n) is 10.3. The Morgan fingerprint density at radius 1 is 1.03 bits per heavy atom. The smallest absolute Gasteiger partial charge is 0.132 e. The summed E-state index contributed by atoms with van der Waals surface area (Å²) in [5.74, 6) is 1.59. The number of aliphatic hydroxyl groups is 2. The van der Waals surface area contributed by atoms with E-state index in [4.69, 9.17) is 21.1 Å². The summed E-state index contributed by atoms with van der Waals surface area (Å²) in [5, 5.41) is 19.7. The summed E-state index contributed by atoms with van der Waals surface area (Å²) in [6, 6.07) is 14.0. The molecule has 0 bridgehead atoms. The molecule has 3 rings (SSSR count). The highest BCUT2D eigenvalue weighted by atomic mass is 123. The maximum Gasteiger partial charge on any atom is 0.132 e. The van der Waals surface area contributed by atoms with Crippen LogP contribution in [0.3, 0.4) is 0 Å². The molecule has 0 aliphatic carbocycles. The zero-order chi connectivity index (χ0) is 23.1. The van der Waals surface area contributed by atoms with Gasteiger partial charge in [0.05, 0.1) is 22.3 Å². The van der Waals surface area contributed by atoms with Crippen molar-refractivity contribution in [3.8, 4) is 11.5 Å². The van der Waals surface area contributed by atoms with Crippen molar-refractivity contribution in [2.45, 2.75) is 38.0 Å². The Balaban J connectivity index is 1.62. The lowest BCUT2D eigenvalue weighted by Crippen LogP contribution is -2.23. The highest BCUT2D eigenvalue weighted by Gasteiger charge is 2.24. The first-order chi connectivity index (χ1) is 15.3. The molecule has 1 heterocycles. The summed E-state index contributed by atoms with van der Waals surface area (Å²) in [7, 11) is 0. The van der Waals surface area contributed by atoms with Crippen LogP contribution < -0.4 is 9.47 Å². The van der Waals surface area contributed by atoms with Crippen LogP contribution in [0.1, 0.15) is 25.0 Å². The topological polar surface area (TPSA) is 76.7 Å². The second-order valence-electron chi connectivity index (χ2n) is 8.14. The molecule has 8 heteroatoms. The molecule has 0 aliphatic heterocycles. The summed E-state index contributed by atoms with van der Waals surface area (Å²) in [5.41, 5.74) is 2.07. The zero-order valence-electron chi connectivity index (χ0n) is 18.1. The molecule has 1 aromatic heterocycles. The molecule has 3 aromatic rings. The van der Waals surface area contributed by atoms with Gasteiger partial charge in [0.1, 0.15) is 36.9 Å². The van der Waals surface area contributed by atoms with E-state index in [0.717, 1.165) is 20.4 Å². The molecule has 32 heavy (non-hydrogen) atoms. The average Bonchev–Trinajstić information content (AvgIpc) is 3.29. The highest BCUT2D eigenvalue weighted by Crippen LogP contribution is 2.35. The molecule has 0 radical (unpaired) electrons. The first kappa shape index (κ1) is 24.8. The molecule has 0 fully saturated rings. The molecule has 0 aliphatic rings. The van der Waals surface area contributed by atoms with E-state index in [1.807, 2.05) is 47.2 Å². The molecule has 172 valence electrons. The van der Waals surface area contributed by atoms with Crippen LogP contribution in [-0.4, -0.2) is 51.1 Å². The number of rotatable bonds is 11. The summed E-state index contributed by atoms with van der Waals surface area (Å²) >= 11 is 7.87. The molecule has 2 atom stereocenters. The van der Waals surface area contributed by atoms with E-state index in [-0.39, 0.29) is 24.5 Å². The van der Waals surface area contributed by atoms with Crippen LogP contribution in [0.2, 0.25) is 0 Å². The van der Waals surface area contributed by atoms with Gasteiger partial charge in [-0.3, -0.25) is 0 Å². The minimum Gasteiger partial charge on any atom is -0.491 e. The fraction of sp³-hybridized carbons (Fsp3) is 0.375. The van der Waals surface area contributed by atoms with Crippen LogP contribution in [0.4, 0.5) is 0 Å². The van der Waals surface area contributed by atoms with Crippen molar-refractivity contribution in [1.82, 2.24) is 9.55 Å². The number of aliphatic hydroxyl groups excluding tert-OH is 2. The molecular formula is C24H28ClIN2O4. The third kappa shape index (κ3) is 6.60. The number of hydrogen-bond acceptors (Lipinski definition) is 5. The van der Waals surface area contributed by atoms with Crippen molar-refractivity contribution in [1.29, 1.82) is 0 Å². The minimum absolute atomic E-state index is 0.144. The van der Waals surface area contributed by atoms with Gasteiger partial charge in [-0.05, 0) is 58.0 Å². The average molecular weight is 567 g/mol. The third-order valence-corrected chi connectivity index (χ3v) is 6.46. The predicted octanol–water partition coefficient (Wildman–Crippen LogP) is 4.23. The number of benzene rings is 2. The number of aromatic nitrogens is 2. The fourth-order valence-corrected chi connectivity index (χ4v) is 4.01. The number of ether oxygens (including phenoxy) is 2. The molecule has 0 saturated carbocycles. The van der Waals surface area contributed by atoms with Gasteiger partial charge in [-0.1, -0.05) is 32.0 Å².